The van der Waals surface area contributed by atoms with E-state index in [2.05, 4.69) is 5.32 Å². The van der Waals surface area contributed by atoms with Gasteiger partial charge >= 0.3 is 6.03 Å². The number of aliphatic hydroxyl groups excluding tert-OH is 1. The van der Waals surface area contributed by atoms with Crippen molar-refractivity contribution in [3.8, 4) is 0 Å². The Kier molecular flexibility index (Phi) is 2.88. The predicted molar refractivity (Wildman–Crippen MR) is 57.7 cm³/mol. The minimum Gasteiger partial charge on any atom is -0.396 e. The lowest BCUT2D eigenvalue weighted by Crippen LogP contribution is -2.49. The van der Waals surface area contributed by atoms with Gasteiger partial charge < -0.3 is 10.0 Å². The molecule has 1 saturated heterocycles. The highest BCUT2D eigenvalue weighted by atomic mass is 16.3. The lowest BCUT2D eigenvalue weighted by atomic mass is 9.95. The van der Waals surface area contributed by atoms with Crippen LogP contribution in [0.4, 0.5) is 4.79 Å². The molecule has 1 atom stereocenters. The van der Waals surface area contributed by atoms with Gasteiger partial charge in [0.25, 0.3) is 5.91 Å². The summed E-state index contributed by atoms with van der Waals surface area (Å²) in [5, 5.41) is 11.4. The first-order valence-corrected chi connectivity index (χ1v) is 5.84. The van der Waals surface area contributed by atoms with Crippen molar-refractivity contribution in [1.29, 1.82) is 0 Å². The molecule has 0 aromatic rings. The van der Waals surface area contributed by atoms with Crippen molar-refractivity contribution in [2.45, 2.75) is 38.1 Å². The SMILES string of the molecule is CC(CO)CN1C(=O)NC(=O)C12CCCC2. The fraction of sp³-hybridized carbons (Fsp3) is 0.818. The molecule has 1 unspecified atom stereocenters. The lowest BCUT2D eigenvalue weighted by molar-refractivity contribution is -0.126. The highest BCUT2D eigenvalue weighted by Gasteiger charge is 2.53. The molecule has 16 heavy (non-hydrogen) atoms. The maximum absolute atomic E-state index is 11.9. The Balaban J connectivity index is 2.19. The molecule has 2 rings (SSSR count). The molecule has 1 heterocycles. The van der Waals surface area contributed by atoms with E-state index in [1.165, 1.54) is 0 Å². The summed E-state index contributed by atoms with van der Waals surface area (Å²) in [6.45, 7) is 2.36. The van der Waals surface area contributed by atoms with Crippen molar-refractivity contribution >= 4 is 11.9 Å². The molecule has 0 aromatic carbocycles. The monoisotopic (exact) mass is 226 g/mol. The molecule has 90 valence electrons. The maximum atomic E-state index is 11.9. The third-order valence-corrected chi connectivity index (χ3v) is 3.64. The number of nitrogens with one attached hydrogen (secondary N) is 1. The van der Waals surface area contributed by atoms with Crippen LogP contribution in [0, 0.1) is 5.92 Å². The molecule has 1 spiro atoms. The van der Waals surface area contributed by atoms with Crippen LogP contribution in [0.15, 0.2) is 0 Å². The highest BCUT2D eigenvalue weighted by Crippen LogP contribution is 2.38. The number of carbonyl (C=O) groups excluding carboxylic acids is 2. The van der Waals surface area contributed by atoms with Gasteiger partial charge in [0.1, 0.15) is 5.54 Å². The fourth-order valence-corrected chi connectivity index (χ4v) is 2.68. The van der Waals surface area contributed by atoms with E-state index < -0.39 is 5.54 Å². The second-order valence-corrected chi connectivity index (χ2v) is 4.90. The van der Waals surface area contributed by atoms with Crippen LogP contribution in [0.3, 0.4) is 0 Å². The summed E-state index contributed by atoms with van der Waals surface area (Å²) in [5.74, 6) is -0.144. The van der Waals surface area contributed by atoms with Gasteiger partial charge in [-0.15, -0.1) is 0 Å². The fourth-order valence-electron chi connectivity index (χ4n) is 2.68. The van der Waals surface area contributed by atoms with E-state index in [1.807, 2.05) is 6.92 Å². The zero-order chi connectivity index (χ0) is 11.8. The van der Waals surface area contributed by atoms with E-state index >= 15 is 0 Å². The Bertz CT molecular complexity index is 310. The average Bonchev–Trinajstić information content (AvgIpc) is 2.82. The number of hydrogen-bond donors (Lipinski definition) is 2. The molecule has 3 amide bonds. The van der Waals surface area contributed by atoms with Gasteiger partial charge in [0, 0.05) is 13.2 Å². The number of amides is 3. The predicted octanol–water partition coefficient (Wildman–Crippen LogP) is 0.479. The summed E-state index contributed by atoms with van der Waals surface area (Å²) in [6.07, 6.45) is 3.49. The molecule has 0 radical (unpaired) electrons. The second kappa shape index (κ2) is 4.05. The van der Waals surface area contributed by atoms with Gasteiger partial charge in [-0.3, -0.25) is 10.1 Å². The van der Waals surface area contributed by atoms with Crippen molar-refractivity contribution in [1.82, 2.24) is 10.2 Å². The minimum absolute atomic E-state index is 0.00845. The summed E-state index contributed by atoms with van der Waals surface area (Å²) in [4.78, 5) is 25.2. The molecule has 5 nitrogen and oxygen atoms in total. The summed E-state index contributed by atoms with van der Waals surface area (Å²) in [6, 6.07) is -0.299. The quantitative estimate of drug-likeness (QED) is 0.688. The third-order valence-electron chi connectivity index (χ3n) is 3.64. The summed E-state index contributed by atoms with van der Waals surface area (Å²) < 4.78 is 0. The first-order chi connectivity index (χ1) is 7.60. The number of imide groups is 1. The summed E-state index contributed by atoms with van der Waals surface area (Å²) in [5.41, 5.74) is -0.611. The molecule has 5 heteroatoms. The average molecular weight is 226 g/mol. The topological polar surface area (TPSA) is 69.6 Å². The van der Waals surface area contributed by atoms with Crippen LogP contribution in [-0.2, 0) is 4.79 Å². The van der Waals surface area contributed by atoms with E-state index in [9.17, 15) is 9.59 Å². The molecular formula is C11H18N2O3. The van der Waals surface area contributed by atoms with Crippen LogP contribution in [0.1, 0.15) is 32.6 Å². The summed E-state index contributed by atoms with van der Waals surface area (Å²) in [7, 11) is 0. The Morgan fingerprint density at radius 3 is 2.62 bits per heavy atom. The zero-order valence-corrected chi connectivity index (χ0v) is 9.53. The van der Waals surface area contributed by atoms with Crippen molar-refractivity contribution in [3.63, 3.8) is 0 Å². The van der Waals surface area contributed by atoms with Crippen LogP contribution < -0.4 is 5.32 Å². The number of nitrogens with zero attached hydrogens (tertiary/aromatic N) is 1. The largest absolute Gasteiger partial charge is 0.396 e. The van der Waals surface area contributed by atoms with E-state index in [1.54, 1.807) is 4.90 Å². The van der Waals surface area contributed by atoms with Crippen molar-refractivity contribution in [2.75, 3.05) is 13.2 Å². The normalized spacial score (nSPS) is 25.2. The molecule has 1 saturated carbocycles. The molecule has 1 aliphatic heterocycles. The number of hydrogen-bond acceptors (Lipinski definition) is 3. The van der Waals surface area contributed by atoms with Gasteiger partial charge in [-0.1, -0.05) is 19.8 Å². The molecular weight excluding hydrogens is 208 g/mol. The number of urea groups is 1. The van der Waals surface area contributed by atoms with Gasteiger partial charge in [-0.2, -0.15) is 0 Å². The maximum Gasteiger partial charge on any atom is 0.325 e. The van der Waals surface area contributed by atoms with Crippen LogP contribution in [-0.4, -0.2) is 40.6 Å². The van der Waals surface area contributed by atoms with E-state index in [0.717, 1.165) is 25.7 Å². The van der Waals surface area contributed by atoms with Crippen LogP contribution in [0.2, 0.25) is 0 Å². The molecule has 0 aromatic heterocycles. The van der Waals surface area contributed by atoms with Crippen LogP contribution in [0.25, 0.3) is 0 Å². The van der Waals surface area contributed by atoms with Gasteiger partial charge in [0.15, 0.2) is 0 Å². The van der Waals surface area contributed by atoms with Crippen LogP contribution >= 0.6 is 0 Å². The standard InChI is InChI=1S/C11H18N2O3/c1-8(7-14)6-13-10(16)12-9(15)11(13)4-2-3-5-11/h8,14H,2-7H2,1H3,(H,12,15,16). The van der Waals surface area contributed by atoms with Gasteiger partial charge in [0.2, 0.25) is 0 Å². The molecule has 2 aliphatic rings. The lowest BCUT2D eigenvalue weighted by Gasteiger charge is -2.32. The Labute approximate surface area is 94.8 Å². The Morgan fingerprint density at radius 1 is 1.44 bits per heavy atom. The van der Waals surface area contributed by atoms with Crippen molar-refractivity contribution in [2.24, 2.45) is 5.92 Å². The van der Waals surface area contributed by atoms with Crippen molar-refractivity contribution < 1.29 is 14.7 Å². The molecule has 1 aliphatic carbocycles. The molecule has 2 fully saturated rings. The number of aliphatic hydroxyl groups is 1. The van der Waals surface area contributed by atoms with E-state index in [-0.39, 0.29) is 24.5 Å². The number of carbonyl (C=O) groups is 2. The van der Waals surface area contributed by atoms with Gasteiger partial charge in [0.05, 0.1) is 0 Å². The van der Waals surface area contributed by atoms with Gasteiger partial charge in [-0.05, 0) is 18.8 Å². The first kappa shape index (κ1) is 11.4. The minimum atomic E-state index is -0.611. The van der Waals surface area contributed by atoms with Crippen LogP contribution in [0.5, 0.6) is 0 Å². The van der Waals surface area contributed by atoms with Gasteiger partial charge in [-0.25, -0.2) is 4.79 Å². The Morgan fingerprint density at radius 2 is 2.06 bits per heavy atom. The number of rotatable bonds is 3. The first-order valence-electron chi connectivity index (χ1n) is 5.84. The molecule has 0 bridgehead atoms. The third kappa shape index (κ3) is 1.59. The second-order valence-electron chi connectivity index (χ2n) is 4.90. The smallest absolute Gasteiger partial charge is 0.325 e. The zero-order valence-electron chi connectivity index (χ0n) is 9.53. The van der Waals surface area contributed by atoms with E-state index in [0.29, 0.717) is 6.54 Å². The summed E-state index contributed by atoms with van der Waals surface area (Å²) >= 11 is 0. The van der Waals surface area contributed by atoms with Crippen molar-refractivity contribution in [3.05, 3.63) is 0 Å². The van der Waals surface area contributed by atoms with E-state index in [4.69, 9.17) is 5.11 Å². The highest BCUT2D eigenvalue weighted by molar-refractivity contribution is 6.07. The Hall–Kier alpha value is -1.10. The molecule has 2 N–H and O–H groups in total.